The number of amides is 1. The minimum atomic E-state index is -0.0629. The molecule has 0 radical (unpaired) electrons. The second-order valence-electron chi connectivity index (χ2n) is 6.55. The molecule has 5 heteroatoms. The maximum absolute atomic E-state index is 12.5. The van der Waals surface area contributed by atoms with Crippen LogP contribution >= 0.6 is 0 Å². The van der Waals surface area contributed by atoms with Crippen molar-refractivity contribution in [3.63, 3.8) is 0 Å². The highest BCUT2D eigenvalue weighted by atomic mass is 16.1. The van der Waals surface area contributed by atoms with Crippen molar-refractivity contribution in [1.29, 1.82) is 0 Å². The van der Waals surface area contributed by atoms with Gasteiger partial charge in [0, 0.05) is 32.0 Å². The molecule has 25 heavy (non-hydrogen) atoms. The standard InChI is InChI=1S/C20H22N4O/c25-20(18-12-21-13-19-22-9-10-24(19)14-18)23-8-7-15-5-6-16-3-1-2-4-17(16)11-15/h1-6,9-11,18,21H,7-8,12-14H2,(H,23,25). The molecule has 2 aromatic carbocycles. The number of imidazole rings is 1. The van der Waals surface area contributed by atoms with Crippen LogP contribution in [0.2, 0.25) is 0 Å². The number of carbonyl (C=O) groups is 1. The fourth-order valence-corrected chi connectivity index (χ4v) is 3.38. The Bertz CT molecular complexity index is 886. The number of rotatable bonds is 4. The van der Waals surface area contributed by atoms with Crippen LogP contribution in [0.3, 0.4) is 0 Å². The summed E-state index contributed by atoms with van der Waals surface area (Å²) in [5.41, 5.74) is 1.25. The van der Waals surface area contributed by atoms with E-state index in [1.807, 2.05) is 6.20 Å². The molecule has 1 unspecified atom stereocenters. The molecule has 0 spiro atoms. The lowest BCUT2D eigenvalue weighted by molar-refractivity contribution is -0.125. The number of hydrogen-bond donors (Lipinski definition) is 2. The van der Waals surface area contributed by atoms with E-state index in [0.717, 1.165) is 12.2 Å². The SMILES string of the molecule is O=C(NCCc1ccc2ccccc2c1)C1CNCc2nccn2C1. The fourth-order valence-electron chi connectivity index (χ4n) is 3.38. The average Bonchev–Trinajstić information content (AvgIpc) is 2.98. The summed E-state index contributed by atoms with van der Waals surface area (Å²) in [4.78, 5) is 16.8. The molecule has 0 bridgehead atoms. The highest BCUT2D eigenvalue weighted by Gasteiger charge is 2.22. The van der Waals surface area contributed by atoms with Gasteiger partial charge in [-0.25, -0.2) is 4.98 Å². The van der Waals surface area contributed by atoms with E-state index in [-0.39, 0.29) is 11.8 Å². The van der Waals surface area contributed by atoms with E-state index in [4.69, 9.17) is 0 Å². The van der Waals surface area contributed by atoms with E-state index in [1.165, 1.54) is 16.3 Å². The Morgan fingerprint density at radius 3 is 3.04 bits per heavy atom. The predicted molar refractivity (Wildman–Crippen MR) is 98.1 cm³/mol. The molecule has 1 aliphatic rings. The van der Waals surface area contributed by atoms with Crippen LogP contribution in [0, 0.1) is 5.92 Å². The Labute approximate surface area is 147 Å². The van der Waals surface area contributed by atoms with Crippen molar-refractivity contribution in [2.75, 3.05) is 13.1 Å². The molecule has 128 valence electrons. The van der Waals surface area contributed by atoms with Gasteiger partial charge in [-0.3, -0.25) is 4.79 Å². The van der Waals surface area contributed by atoms with Crippen LogP contribution in [0.15, 0.2) is 54.9 Å². The number of nitrogens with one attached hydrogen (secondary N) is 2. The number of benzene rings is 2. The average molecular weight is 334 g/mol. The Balaban J connectivity index is 1.34. The van der Waals surface area contributed by atoms with Gasteiger partial charge in [0.05, 0.1) is 12.5 Å². The van der Waals surface area contributed by atoms with Gasteiger partial charge in [0.25, 0.3) is 0 Å². The summed E-state index contributed by atoms with van der Waals surface area (Å²) < 4.78 is 2.06. The molecule has 2 heterocycles. The Morgan fingerprint density at radius 2 is 2.12 bits per heavy atom. The van der Waals surface area contributed by atoms with Crippen LogP contribution in [-0.2, 0) is 24.3 Å². The van der Waals surface area contributed by atoms with Gasteiger partial charge in [-0.2, -0.15) is 0 Å². The second kappa shape index (κ2) is 7.07. The summed E-state index contributed by atoms with van der Waals surface area (Å²) in [6, 6.07) is 14.8. The van der Waals surface area contributed by atoms with Gasteiger partial charge in [0.2, 0.25) is 5.91 Å². The van der Waals surface area contributed by atoms with Gasteiger partial charge in [0.15, 0.2) is 0 Å². The van der Waals surface area contributed by atoms with E-state index >= 15 is 0 Å². The number of aromatic nitrogens is 2. The molecule has 1 aromatic heterocycles. The summed E-state index contributed by atoms with van der Waals surface area (Å²) in [6.45, 7) is 2.74. The molecular formula is C20H22N4O. The van der Waals surface area contributed by atoms with Crippen molar-refractivity contribution >= 4 is 16.7 Å². The van der Waals surface area contributed by atoms with Gasteiger partial charge in [0.1, 0.15) is 5.82 Å². The first-order chi connectivity index (χ1) is 12.3. The quantitative estimate of drug-likeness (QED) is 0.768. The zero-order chi connectivity index (χ0) is 17.1. The van der Waals surface area contributed by atoms with E-state index in [2.05, 4.69) is 62.6 Å². The Hall–Kier alpha value is -2.66. The summed E-state index contributed by atoms with van der Waals surface area (Å²) in [5.74, 6) is 1.04. The summed E-state index contributed by atoms with van der Waals surface area (Å²) >= 11 is 0. The van der Waals surface area contributed by atoms with Crippen molar-refractivity contribution < 1.29 is 4.79 Å². The maximum Gasteiger partial charge on any atom is 0.226 e. The lowest BCUT2D eigenvalue weighted by atomic mass is 10.0. The van der Waals surface area contributed by atoms with Gasteiger partial charge < -0.3 is 15.2 Å². The Kier molecular flexibility index (Phi) is 4.48. The lowest BCUT2D eigenvalue weighted by Gasteiger charge is -2.15. The molecule has 5 nitrogen and oxygen atoms in total. The van der Waals surface area contributed by atoms with Crippen molar-refractivity contribution in [2.45, 2.75) is 19.5 Å². The topological polar surface area (TPSA) is 59.0 Å². The third-order valence-electron chi connectivity index (χ3n) is 4.79. The minimum Gasteiger partial charge on any atom is -0.355 e. The predicted octanol–water partition coefficient (Wildman–Crippen LogP) is 2.11. The lowest BCUT2D eigenvalue weighted by Crippen LogP contribution is -2.38. The van der Waals surface area contributed by atoms with Crippen molar-refractivity contribution in [3.8, 4) is 0 Å². The van der Waals surface area contributed by atoms with E-state index < -0.39 is 0 Å². The van der Waals surface area contributed by atoms with Crippen LogP contribution in [0.4, 0.5) is 0 Å². The summed E-state index contributed by atoms with van der Waals surface area (Å²) in [7, 11) is 0. The molecule has 1 aliphatic heterocycles. The first-order valence-corrected chi connectivity index (χ1v) is 8.76. The molecule has 0 saturated carbocycles. The minimum absolute atomic E-state index is 0.0629. The first-order valence-electron chi connectivity index (χ1n) is 8.76. The zero-order valence-corrected chi connectivity index (χ0v) is 14.1. The molecule has 0 saturated heterocycles. The second-order valence-corrected chi connectivity index (χ2v) is 6.55. The summed E-state index contributed by atoms with van der Waals surface area (Å²) in [6.07, 6.45) is 4.57. The molecule has 2 N–H and O–H groups in total. The molecule has 1 atom stereocenters. The third kappa shape index (κ3) is 3.56. The van der Waals surface area contributed by atoms with E-state index in [0.29, 0.717) is 26.2 Å². The van der Waals surface area contributed by atoms with Crippen LogP contribution in [0.5, 0.6) is 0 Å². The zero-order valence-electron chi connectivity index (χ0n) is 14.1. The molecule has 0 fully saturated rings. The maximum atomic E-state index is 12.5. The largest absolute Gasteiger partial charge is 0.355 e. The molecule has 4 rings (SSSR count). The fraction of sp³-hybridized carbons (Fsp3) is 0.300. The van der Waals surface area contributed by atoms with E-state index in [9.17, 15) is 4.79 Å². The van der Waals surface area contributed by atoms with Gasteiger partial charge in [-0.05, 0) is 22.8 Å². The van der Waals surface area contributed by atoms with Crippen molar-refractivity contribution in [1.82, 2.24) is 20.2 Å². The number of hydrogen-bond acceptors (Lipinski definition) is 3. The highest BCUT2D eigenvalue weighted by Crippen LogP contribution is 2.16. The van der Waals surface area contributed by atoms with Crippen molar-refractivity contribution in [3.05, 3.63) is 66.2 Å². The van der Waals surface area contributed by atoms with Gasteiger partial charge in [-0.15, -0.1) is 0 Å². The highest BCUT2D eigenvalue weighted by molar-refractivity contribution is 5.83. The van der Waals surface area contributed by atoms with Crippen molar-refractivity contribution in [2.24, 2.45) is 5.92 Å². The van der Waals surface area contributed by atoms with E-state index in [1.54, 1.807) is 6.20 Å². The normalized spacial score (nSPS) is 17.0. The first kappa shape index (κ1) is 15.8. The van der Waals surface area contributed by atoms with Crippen LogP contribution in [0.25, 0.3) is 10.8 Å². The smallest absolute Gasteiger partial charge is 0.226 e. The molecular weight excluding hydrogens is 312 g/mol. The van der Waals surface area contributed by atoms with Crippen LogP contribution in [0.1, 0.15) is 11.4 Å². The Morgan fingerprint density at radius 1 is 1.24 bits per heavy atom. The van der Waals surface area contributed by atoms with Crippen LogP contribution in [-0.4, -0.2) is 28.5 Å². The van der Waals surface area contributed by atoms with Crippen LogP contribution < -0.4 is 10.6 Å². The number of nitrogens with zero attached hydrogens (tertiary/aromatic N) is 2. The number of fused-ring (bicyclic) bond motifs is 2. The number of carbonyl (C=O) groups excluding carboxylic acids is 1. The molecule has 0 aliphatic carbocycles. The van der Waals surface area contributed by atoms with Gasteiger partial charge >= 0.3 is 0 Å². The van der Waals surface area contributed by atoms with Gasteiger partial charge in [-0.1, -0.05) is 42.5 Å². The monoisotopic (exact) mass is 334 g/mol. The molecule has 1 amide bonds. The third-order valence-corrected chi connectivity index (χ3v) is 4.79. The summed E-state index contributed by atoms with van der Waals surface area (Å²) in [5, 5.41) is 8.88. The molecule has 3 aromatic rings.